The minimum atomic E-state index is -2.69. The molecule has 0 heterocycles. The standard InChI is InChI=1S/C31H34N4O8/c1-34(2)13-21(37)33-16-7-5-14(6-8-16)17-9-10-20(36)23-18(17)11-15-12-19-25(35(3)4)27(39)24(30(32)42)29(41)31(19,43)28(40)22(15)26(23)38/h5-10,15,19,25,36,38,41,43H,11-13H2,1-4H3,(H2,32,42)(H,33,37)/t15-,19-,25-,31-/m0/s1. The third-order valence-electron chi connectivity index (χ3n) is 8.54. The lowest BCUT2D eigenvalue weighted by molar-refractivity contribution is -0.153. The summed E-state index contributed by atoms with van der Waals surface area (Å²) in [5.41, 5.74) is 4.16. The van der Waals surface area contributed by atoms with E-state index >= 15 is 0 Å². The number of likely N-dealkylation sites (N-methyl/N-ethyl adjacent to an activating group) is 2. The van der Waals surface area contributed by atoms with Crippen molar-refractivity contribution in [1.82, 2.24) is 9.80 Å². The van der Waals surface area contributed by atoms with Gasteiger partial charge >= 0.3 is 0 Å². The van der Waals surface area contributed by atoms with E-state index in [4.69, 9.17) is 5.73 Å². The van der Waals surface area contributed by atoms with Gasteiger partial charge in [0.15, 0.2) is 11.4 Å². The van der Waals surface area contributed by atoms with Crippen LogP contribution in [0.25, 0.3) is 16.9 Å². The van der Waals surface area contributed by atoms with Crippen molar-refractivity contribution in [2.24, 2.45) is 17.6 Å². The highest BCUT2D eigenvalue weighted by Crippen LogP contribution is 2.53. The van der Waals surface area contributed by atoms with Gasteiger partial charge in [0.1, 0.15) is 22.8 Å². The second-order valence-electron chi connectivity index (χ2n) is 11.8. The van der Waals surface area contributed by atoms with Gasteiger partial charge in [0.05, 0.1) is 18.2 Å². The summed E-state index contributed by atoms with van der Waals surface area (Å²) in [6.45, 7) is 0.217. The van der Waals surface area contributed by atoms with Crippen LogP contribution in [0.15, 0.2) is 53.3 Å². The fraction of sp³-hybridized carbons (Fsp3) is 0.355. The summed E-state index contributed by atoms with van der Waals surface area (Å²) in [7, 11) is 6.68. The van der Waals surface area contributed by atoms with Crippen LogP contribution in [0.5, 0.6) is 5.75 Å². The van der Waals surface area contributed by atoms with E-state index in [2.05, 4.69) is 5.32 Å². The van der Waals surface area contributed by atoms with Gasteiger partial charge in [-0.15, -0.1) is 0 Å². The summed E-state index contributed by atoms with van der Waals surface area (Å²) in [6.07, 6.45) is 0.164. The van der Waals surface area contributed by atoms with E-state index in [9.17, 15) is 39.6 Å². The van der Waals surface area contributed by atoms with Crippen LogP contribution in [0.2, 0.25) is 0 Å². The number of aromatic hydroxyl groups is 1. The van der Waals surface area contributed by atoms with Crippen molar-refractivity contribution < 1.29 is 39.6 Å². The van der Waals surface area contributed by atoms with Crippen LogP contribution >= 0.6 is 0 Å². The number of fused-ring (bicyclic) bond motifs is 3. The average molecular weight is 591 g/mol. The Kier molecular flexibility index (Phi) is 7.41. The summed E-state index contributed by atoms with van der Waals surface area (Å²) < 4.78 is 0. The van der Waals surface area contributed by atoms with Gasteiger partial charge in [-0.2, -0.15) is 0 Å². The van der Waals surface area contributed by atoms with Gasteiger partial charge in [-0.05, 0) is 81.8 Å². The minimum Gasteiger partial charge on any atom is -0.508 e. The molecule has 0 unspecified atom stereocenters. The van der Waals surface area contributed by atoms with Gasteiger partial charge < -0.3 is 36.4 Å². The van der Waals surface area contributed by atoms with Crippen molar-refractivity contribution in [3.63, 3.8) is 0 Å². The zero-order valence-electron chi connectivity index (χ0n) is 24.2. The highest BCUT2D eigenvalue weighted by Gasteiger charge is 2.64. The van der Waals surface area contributed by atoms with Crippen LogP contribution in [-0.2, 0) is 25.6 Å². The second kappa shape index (κ2) is 10.6. The maximum atomic E-state index is 14.0. The van der Waals surface area contributed by atoms with Gasteiger partial charge in [0.25, 0.3) is 5.91 Å². The number of phenols is 1. The van der Waals surface area contributed by atoms with Crippen molar-refractivity contribution >= 4 is 34.8 Å². The molecule has 2 amide bonds. The van der Waals surface area contributed by atoms with Crippen LogP contribution in [0.1, 0.15) is 17.5 Å². The number of primary amides is 1. The molecule has 226 valence electrons. The number of rotatable bonds is 6. The molecule has 0 aromatic heterocycles. The first-order valence-electron chi connectivity index (χ1n) is 13.7. The lowest BCUT2D eigenvalue weighted by Crippen LogP contribution is -2.65. The summed E-state index contributed by atoms with van der Waals surface area (Å²) in [6, 6.07) is 8.95. The van der Waals surface area contributed by atoms with Crippen LogP contribution in [0.4, 0.5) is 5.69 Å². The van der Waals surface area contributed by atoms with Gasteiger partial charge in [-0.25, -0.2) is 0 Å². The number of nitrogens with one attached hydrogen (secondary N) is 1. The van der Waals surface area contributed by atoms with E-state index in [0.29, 0.717) is 16.8 Å². The Bertz CT molecular complexity index is 1620. The van der Waals surface area contributed by atoms with Gasteiger partial charge in [-0.3, -0.25) is 24.1 Å². The molecule has 12 heteroatoms. The molecule has 12 nitrogen and oxygen atoms in total. The molecule has 1 saturated carbocycles. The van der Waals surface area contributed by atoms with E-state index in [1.165, 1.54) is 11.0 Å². The number of nitrogens with two attached hydrogens (primary N) is 1. The predicted octanol–water partition coefficient (Wildman–Crippen LogP) is 1.13. The van der Waals surface area contributed by atoms with Crippen molar-refractivity contribution in [2.75, 3.05) is 40.1 Å². The van der Waals surface area contributed by atoms with Crippen LogP contribution in [0, 0.1) is 11.8 Å². The number of ketones is 2. The second-order valence-corrected chi connectivity index (χ2v) is 11.8. The number of aliphatic hydroxyl groups is 3. The van der Waals surface area contributed by atoms with Crippen LogP contribution in [-0.4, -0.2) is 100.0 Å². The van der Waals surface area contributed by atoms with Gasteiger partial charge in [-0.1, -0.05) is 18.2 Å². The fourth-order valence-electron chi connectivity index (χ4n) is 6.74. The number of aliphatic hydroxyl groups excluding tert-OH is 2. The Balaban J connectivity index is 1.60. The summed E-state index contributed by atoms with van der Waals surface area (Å²) in [5.74, 6) is -7.14. The third-order valence-corrected chi connectivity index (χ3v) is 8.54. The summed E-state index contributed by atoms with van der Waals surface area (Å²) >= 11 is 0. The zero-order chi connectivity index (χ0) is 31.5. The largest absolute Gasteiger partial charge is 0.508 e. The number of amides is 2. The Morgan fingerprint density at radius 3 is 2.26 bits per heavy atom. The first-order chi connectivity index (χ1) is 20.2. The number of hydrogen-bond acceptors (Lipinski definition) is 10. The van der Waals surface area contributed by atoms with Crippen LogP contribution < -0.4 is 11.1 Å². The highest BCUT2D eigenvalue weighted by molar-refractivity contribution is 6.24. The maximum absolute atomic E-state index is 14.0. The molecule has 7 N–H and O–H groups in total. The molecule has 0 saturated heterocycles. The molecule has 43 heavy (non-hydrogen) atoms. The third kappa shape index (κ3) is 4.67. The van der Waals surface area contributed by atoms with E-state index in [-0.39, 0.29) is 42.2 Å². The number of phenolic OH excluding ortho intramolecular Hbond substituents is 1. The Labute approximate surface area is 247 Å². The lowest BCUT2D eigenvalue weighted by atomic mass is 9.57. The molecule has 0 radical (unpaired) electrons. The monoisotopic (exact) mass is 590 g/mol. The molecule has 2 aromatic rings. The van der Waals surface area contributed by atoms with E-state index in [1.54, 1.807) is 63.4 Å². The van der Waals surface area contributed by atoms with E-state index in [1.807, 2.05) is 0 Å². The predicted molar refractivity (Wildman–Crippen MR) is 157 cm³/mol. The Morgan fingerprint density at radius 2 is 1.67 bits per heavy atom. The van der Waals surface area contributed by atoms with Crippen LogP contribution in [0.3, 0.4) is 0 Å². The molecular formula is C31H34N4O8. The maximum Gasteiger partial charge on any atom is 0.255 e. The minimum absolute atomic E-state index is 0.00228. The summed E-state index contributed by atoms with van der Waals surface area (Å²) in [4.78, 5) is 54.8. The van der Waals surface area contributed by atoms with Gasteiger partial charge in [0, 0.05) is 17.2 Å². The normalized spacial score (nSPS) is 25.0. The zero-order valence-corrected chi connectivity index (χ0v) is 24.2. The SMILES string of the molecule is CN(C)CC(=O)Nc1ccc(-c2ccc(O)c3c2C[C@H]2C[C@H]4[C@H](N(C)C)C(=O)C(C(N)=O)=C(O)[C@@]4(O)C(=O)C2=C3O)cc1. The number of nitrogens with zero attached hydrogens (tertiary/aromatic N) is 2. The smallest absolute Gasteiger partial charge is 0.255 e. The molecule has 2 aromatic carbocycles. The Hall–Kier alpha value is -4.52. The Morgan fingerprint density at radius 1 is 1.02 bits per heavy atom. The topological polar surface area (TPSA) is 194 Å². The highest BCUT2D eigenvalue weighted by atomic mass is 16.3. The quantitative estimate of drug-likeness (QED) is 0.266. The number of hydrogen-bond donors (Lipinski definition) is 6. The number of benzene rings is 2. The number of carbonyl (C=O) groups is 4. The van der Waals surface area contributed by atoms with Gasteiger partial charge in [0.2, 0.25) is 11.7 Å². The van der Waals surface area contributed by atoms with Crippen molar-refractivity contribution in [1.29, 1.82) is 0 Å². The molecular weight excluding hydrogens is 556 g/mol. The molecule has 4 atom stereocenters. The lowest BCUT2D eigenvalue weighted by Gasteiger charge is -2.50. The number of anilines is 1. The van der Waals surface area contributed by atoms with E-state index in [0.717, 1.165) is 5.56 Å². The van der Waals surface area contributed by atoms with Crippen molar-refractivity contribution in [3.8, 4) is 16.9 Å². The summed E-state index contributed by atoms with van der Waals surface area (Å²) in [5, 5.41) is 47.8. The first-order valence-corrected chi connectivity index (χ1v) is 13.7. The van der Waals surface area contributed by atoms with Crippen molar-refractivity contribution in [2.45, 2.75) is 24.5 Å². The molecule has 0 aliphatic heterocycles. The molecule has 0 spiro atoms. The average Bonchev–Trinajstić information content (AvgIpc) is 2.90. The fourth-order valence-corrected chi connectivity index (χ4v) is 6.74. The molecule has 3 aliphatic carbocycles. The van der Waals surface area contributed by atoms with E-state index < -0.39 is 58.0 Å². The molecule has 1 fully saturated rings. The van der Waals surface area contributed by atoms with Crippen molar-refractivity contribution in [3.05, 3.63) is 64.4 Å². The first kappa shape index (κ1) is 30.0. The number of carbonyl (C=O) groups excluding carboxylic acids is 4. The molecule has 0 bridgehead atoms. The number of Topliss-reactive ketones (excluding diaryl/α,β-unsaturated/α-hetero) is 2. The molecule has 3 aliphatic rings. The molecule has 5 rings (SSSR count).